The maximum absolute atomic E-state index is 5.98. The fourth-order valence-corrected chi connectivity index (χ4v) is 1.48. The number of nitrogens with one attached hydrogen (secondary N) is 1. The highest BCUT2D eigenvalue weighted by atomic mass is 35.5. The summed E-state index contributed by atoms with van der Waals surface area (Å²) in [6.45, 7) is 5.21. The minimum absolute atomic E-state index is 0.428. The van der Waals surface area contributed by atoms with E-state index in [4.69, 9.17) is 11.6 Å². The van der Waals surface area contributed by atoms with Crippen LogP contribution in [0.3, 0.4) is 0 Å². The van der Waals surface area contributed by atoms with E-state index in [9.17, 15) is 0 Å². The van der Waals surface area contributed by atoms with Crippen molar-refractivity contribution < 1.29 is 0 Å². The first-order valence-corrected chi connectivity index (χ1v) is 4.94. The summed E-state index contributed by atoms with van der Waals surface area (Å²) in [5.41, 5.74) is 0.970. The van der Waals surface area contributed by atoms with E-state index in [1.165, 1.54) is 0 Å². The molecule has 3 heteroatoms. The lowest BCUT2D eigenvalue weighted by Gasteiger charge is -2.11. The lowest BCUT2D eigenvalue weighted by molar-refractivity contribution is 0.559. The van der Waals surface area contributed by atoms with Gasteiger partial charge in [0.1, 0.15) is 0 Å². The summed E-state index contributed by atoms with van der Waals surface area (Å²) < 4.78 is 0. The quantitative estimate of drug-likeness (QED) is 0.803. The molecule has 2 nitrogen and oxygen atoms in total. The van der Waals surface area contributed by atoms with Gasteiger partial charge < -0.3 is 5.32 Å². The summed E-state index contributed by atoms with van der Waals surface area (Å²) in [4.78, 5) is 4.23. The number of aromatic nitrogens is 1. The Bertz CT molecular complexity index is 263. The molecule has 0 amide bonds. The number of rotatable bonds is 4. The van der Waals surface area contributed by atoms with Gasteiger partial charge in [0, 0.05) is 18.7 Å². The average molecular weight is 199 g/mol. The van der Waals surface area contributed by atoms with Crippen molar-refractivity contribution in [1.82, 2.24) is 10.3 Å². The van der Waals surface area contributed by atoms with Crippen LogP contribution < -0.4 is 5.32 Å². The van der Waals surface area contributed by atoms with E-state index < -0.39 is 0 Å². The molecule has 0 bridgehead atoms. The molecule has 0 spiro atoms. The average Bonchev–Trinajstić information content (AvgIpc) is 2.09. The van der Waals surface area contributed by atoms with E-state index in [-0.39, 0.29) is 0 Å². The Morgan fingerprint density at radius 1 is 1.62 bits per heavy atom. The molecule has 0 saturated heterocycles. The second-order valence-corrected chi connectivity index (χ2v) is 3.50. The van der Waals surface area contributed by atoms with Crippen molar-refractivity contribution in [3.8, 4) is 0 Å². The molecule has 1 rings (SSSR count). The number of nitrogens with zero attached hydrogens (tertiary/aromatic N) is 1. The van der Waals surface area contributed by atoms with Crippen molar-refractivity contribution in [3.05, 3.63) is 29.0 Å². The predicted molar refractivity (Wildman–Crippen MR) is 56.1 cm³/mol. The fourth-order valence-electron chi connectivity index (χ4n) is 1.28. The largest absolute Gasteiger partial charge is 0.314 e. The van der Waals surface area contributed by atoms with Gasteiger partial charge in [0.25, 0.3) is 0 Å². The minimum atomic E-state index is 0.428. The van der Waals surface area contributed by atoms with Crippen molar-refractivity contribution in [2.45, 2.75) is 26.3 Å². The van der Waals surface area contributed by atoms with Crippen LogP contribution in [0.25, 0.3) is 0 Å². The van der Waals surface area contributed by atoms with Gasteiger partial charge in [0.15, 0.2) is 0 Å². The van der Waals surface area contributed by atoms with Crippen molar-refractivity contribution in [1.29, 1.82) is 0 Å². The molecule has 0 saturated carbocycles. The Kier molecular flexibility index (Phi) is 4.19. The van der Waals surface area contributed by atoms with Crippen molar-refractivity contribution in [2.75, 3.05) is 6.54 Å². The van der Waals surface area contributed by atoms with Gasteiger partial charge in [-0.25, -0.2) is 0 Å². The predicted octanol–water partition coefficient (Wildman–Crippen LogP) is 2.28. The minimum Gasteiger partial charge on any atom is -0.314 e. The standard InChI is InChI=1S/C10H15ClN2/c1-3-12-8(2)7-10-9(11)5-4-6-13-10/h4-6,8,12H,3,7H2,1-2H3. The topological polar surface area (TPSA) is 24.9 Å². The number of halogens is 1. The maximum Gasteiger partial charge on any atom is 0.0622 e. The van der Waals surface area contributed by atoms with E-state index in [1.54, 1.807) is 6.20 Å². The van der Waals surface area contributed by atoms with E-state index in [0.29, 0.717) is 6.04 Å². The van der Waals surface area contributed by atoms with Crippen molar-refractivity contribution >= 4 is 11.6 Å². The van der Waals surface area contributed by atoms with Crippen molar-refractivity contribution in [3.63, 3.8) is 0 Å². The molecule has 13 heavy (non-hydrogen) atoms. The lowest BCUT2D eigenvalue weighted by atomic mass is 10.1. The molecule has 72 valence electrons. The molecule has 0 radical (unpaired) electrons. The molecule has 1 N–H and O–H groups in total. The van der Waals surface area contributed by atoms with Gasteiger partial charge in [-0.2, -0.15) is 0 Å². The van der Waals surface area contributed by atoms with Crippen LogP contribution in [0.15, 0.2) is 18.3 Å². The van der Waals surface area contributed by atoms with Crippen LogP contribution in [0.1, 0.15) is 19.5 Å². The number of likely N-dealkylation sites (N-methyl/N-ethyl adjacent to an activating group) is 1. The van der Waals surface area contributed by atoms with Gasteiger partial charge in [-0.3, -0.25) is 4.98 Å². The number of pyridine rings is 1. The van der Waals surface area contributed by atoms with Crippen LogP contribution >= 0.6 is 11.6 Å². The molecule has 1 aromatic rings. The summed E-state index contributed by atoms with van der Waals surface area (Å²) in [5, 5.41) is 4.08. The van der Waals surface area contributed by atoms with Gasteiger partial charge in [0.05, 0.1) is 10.7 Å². The summed E-state index contributed by atoms with van der Waals surface area (Å²) in [6.07, 6.45) is 2.66. The van der Waals surface area contributed by atoms with E-state index in [2.05, 4.69) is 24.1 Å². The van der Waals surface area contributed by atoms with Gasteiger partial charge in [-0.05, 0) is 25.6 Å². The molecule has 0 fully saturated rings. The molecular weight excluding hydrogens is 184 g/mol. The van der Waals surface area contributed by atoms with E-state index in [1.807, 2.05) is 12.1 Å². The highest BCUT2D eigenvalue weighted by molar-refractivity contribution is 6.31. The van der Waals surface area contributed by atoms with Crippen molar-refractivity contribution in [2.24, 2.45) is 0 Å². The summed E-state index contributed by atoms with van der Waals surface area (Å²) in [7, 11) is 0. The Hall–Kier alpha value is -0.600. The number of hydrogen-bond acceptors (Lipinski definition) is 2. The van der Waals surface area contributed by atoms with E-state index in [0.717, 1.165) is 23.7 Å². The molecule has 0 aliphatic carbocycles. The third kappa shape index (κ3) is 3.33. The second kappa shape index (κ2) is 5.20. The Balaban J connectivity index is 2.58. The lowest BCUT2D eigenvalue weighted by Crippen LogP contribution is -2.28. The zero-order chi connectivity index (χ0) is 9.68. The normalized spacial score (nSPS) is 12.8. The maximum atomic E-state index is 5.98. The van der Waals surface area contributed by atoms with Crippen LogP contribution in [0, 0.1) is 0 Å². The Morgan fingerprint density at radius 2 is 2.38 bits per heavy atom. The van der Waals surface area contributed by atoms with Crippen LogP contribution in [0.4, 0.5) is 0 Å². The molecule has 0 aromatic carbocycles. The zero-order valence-corrected chi connectivity index (χ0v) is 8.80. The fraction of sp³-hybridized carbons (Fsp3) is 0.500. The summed E-state index contributed by atoms with van der Waals surface area (Å²) in [5.74, 6) is 0. The van der Waals surface area contributed by atoms with Crippen LogP contribution in [0.5, 0.6) is 0 Å². The van der Waals surface area contributed by atoms with Crippen LogP contribution in [-0.4, -0.2) is 17.6 Å². The number of hydrogen-bond donors (Lipinski definition) is 1. The zero-order valence-electron chi connectivity index (χ0n) is 8.05. The monoisotopic (exact) mass is 198 g/mol. The summed E-state index contributed by atoms with van der Waals surface area (Å²) >= 11 is 5.98. The molecule has 1 aromatic heterocycles. The smallest absolute Gasteiger partial charge is 0.0622 e. The second-order valence-electron chi connectivity index (χ2n) is 3.09. The first-order valence-electron chi connectivity index (χ1n) is 4.56. The molecule has 1 atom stereocenters. The highest BCUT2D eigenvalue weighted by Crippen LogP contribution is 2.13. The first kappa shape index (κ1) is 10.5. The first-order chi connectivity index (χ1) is 6.24. The SMILES string of the molecule is CCNC(C)Cc1ncccc1Cl. The molecule has 0 aliphatic rings. The Labute approximate surface area is 84.3 Å². The van der Waals surface area contributed by atoms with Gasteiger partial charge in [0.2, 0.25) is 0 Å². The van der Waals surface area contributed by atoms with Crippen LogP contribution in [-0.2, 0) is 6.42 Å². The highest BCUT2D eigenvalue weighted by Gasteiger charge is 2.05. The molecule has 1 unspecified atom stereocenters. The van der Waals surface area contributed by atoms with Gasteiger partial charge in [-0.1, -0.05) is 18.5 Å². The summed E-state index contributed by atoms with van der Waals surface area (Å²) in [6, 6.07) is 4.16. The molecule has 0 aliphatic heterocycles. The van der Waals surface area contributed by atoms with E-state index >= 15 is 0 Å². The Morgan fingerprint density at radius 3 is 3.00 bits per heavy atom. The third-order valence-corrected chi connectivity index (χ3v) is 2.23. The van der Waals surface area contributed by atoms with Gasteiger partial charge >= 0.3 is 0 Å². The third-order valence-electron chi connectivity index (χ3n) is 1.89. The van der Waals surface area contributed by atoms with Gasteiger partial charge in [-0.15, -0.1) is 0 Å². The molecule has 1 heterocycles. The van der Waals surface area contributed by atoms with Crippen LogP contribution in [0.2, 0.25) is 5.02 Å². The molecular formula is C10H15ClN2.